The Bertz CT molecular complexity index is 489. The van der Waals surface area contributed by atoms with Gasteiger partial charge in [-0.2, -0.15) is 0 Å². The van der Waals surface area contributed by atoms with Gasteiger partial charge in [0.2, 0.25) is 0 Å². The van der Waals surface area contributed by atoms with Crippen LogP contribution >= 0.6 is 0 Å². The number of ether oxygens (including phenoxy) is 1. The maximum atomic E-state index is 12.6. The molecule has 0 spiro atoms. The minimum Gasteiger partial charge on any atom is -0.495 e. The van der Waals surface area contributed by atoms with Crippen molar-refractivity contribution < 1.29 is 9.53 Å². The molecule has 19 heavy (non-hydrogen) atoms. The fraction of sp³-hybridized carbons (Fsp3) is 0.533. The van der Waals surface area contributed by atoms with E-state index in [0.717, 1.165) is 13.1 Å². The molecule has 1 aromatic carbocycles. The summed E-state index contributed by atoms with van der Waals surface area (Å²) in [5.74, 6) is 2.03. The minimum atomic E-state index is 0.0470. The molecule has 1 aliphatic carbocycles. The predicted octanol–water partition coefficient (Wildman–Crippen LogP) is 2.15. The average Bonchev–Trinajstić information content (AvgIpc) is 2.99. The molecule has 2 fully saturated rings. The third-order valence-corrected chi connectivity index (χ3v) is 4.53. The number of amides is 1. The van der Waals surface area contributed by atoms with E-state index >= 15 is 0 Å². The fourth-order valence-electron chi connectivity index (χ4n) is 3.48. The van der Waals surface area contributed by atoms with Crippen LogP contribution in [0.3, 0.4) is 0 Å². The lowest BCUT2D eigenvalue weighted by molar-refractivity contribution is 0.0781. The molecule has 1 saturated carbocycles. The summed E-state index contributed by atoms with van der Waals surface area (Å²) in [5.41, 5.74) is 7.03. The Morgan fingerprint density at radius 3 is 2.63 bits per heavy atom. The second-order valence-corrected chi connectivity index (χ2v) is 5.58. The van der Waals surface area contributed by atoms with Crippen molar-refractivity contribution in [2.75, 3.05) is 25.9 Å². The standard InChI is InChI=1S/C15H20N2O2/c1-19-13-7-3-6-12(14(13)16)15(18)17-8-10-4-2-5-11(10)9-17/h3,6-7,10-11H,2,4-5,8-9,16H2,1H3. The molecule has 1 aliphatic heterocycles. The van der Waals surface area contributed by atoms with Crippen LogP contribution in [0.1, 0.15) is 29.6 Å². The van der Waals surface area contributed by atoms with Gasteiger partial charge in [-0.15, -0.1) is 0 Å². The molecular formula is C15H20N2O2. The molecule has 1 aromatic rings. The van der Waals surface area contributed by atoms with Crippen LogP contribution in [-0.4, -0.2) is 31.0 Å². The topological polar surface area (TPSA) is 55.6 Å². The molecule has 4 heteroatoms. The van der Waals surface area contributed by atoms with Gasteiger partial charge < -0.3 is 15.4 Å². The monoisotopic (exact) mass is 260 g/mol. The van der Waals surface area contributed by atoms with Crippen LogP contribution in [-0.2, 0) is 0 Å². The molecule has 0 radical (unpaired) electrons. The molecule has 1 heterocycles. The zero-order valence-corrected chi connectivity index (χ0v) is 11.3. The van der Waals surface area contributed by atoms with Gasteiger partial charge in [0, 0.05) is 13.1 Å². The number of carbonyl (C=O) groups is 1. The number of hydrogen-bond donors (Lipinski definition) is 1. The highest BCUT2D eigenvalue weighted by Crippen LogP contribution is 2.38. The van der Waals surface area contributed by atoms with E-state index in [0.29, 0.717) is 28.8 Å². The highest BCUT2D eigenvalue weighted by molar-refractivity contribution is 6.00. The largest absolute Gasteiger partial charge is 0.495 e. The number of carbonyl (C=O) groups excluding carboxylic acids is 1. The summed E-state index contributed by atoms with van der Waals surface area (Å²) in [6.45, 7) is 1.78. The van der Waals surface area contributed by atoms with Crippen LogP contribution in [0.4, 0.5) is 5.69 Å². The van der Waals surface area contributed by atoms with Gasteiger partial charge in [0.15, 0.2) is 0 Å². The molecule has 3 rings (SSSR count). The Hall–Kier alpha value is -1.71. The predicted molar refractivity (Wildman–Crippen MR) is 74.1 cm³/mol. The van der Waals surface area contributed by atoms with E-state index in [1.807, 2.05) is 11.0 Å². The van der Waals surface area contributed by atoms with E-state index < -0.39 is 0 Å². The van der Waals surface area contributed by atoms with Crippen molar-refractivity contribution in [2.45, 2.75) is 19.3 Å². The number of nitrogen functional groups attached to an aromatic ring is 1. The van der Waals surface area contributed by atoms with Crippen LogP contribution in [0.15, 0.2) is 18.2 Å². The Kier molecular flexibility index (Phi) is 3.09. The number of para-hydroxylation sites is 1. The van der Waals surface area contributed by atoms with Crippen LogP contribution in [0.25, 0.3) is 0 Å². The molecule has 2 atom stereocenters. The number of nitrogens with zero attached hydrogens (tertiary/aromatic N) is 1. The van der Waals surface area contributed by atoms with Crippen molar-refractivity contribution in [1.29, 1.82) is 0 Å². The third kappa shape index (κ3) is 2.05. The van der Waals surface area contributed by atoms with Crippen molar-refractivity contribution in [3.63, 3.8) is 0 Å². The normalized spacial score (nSPS) is 25.4. The summed E-state index contributed by atoms with van der Waals surface area (Å²) in [5, 5.41) is 0. The van der Waals surface area contributed by atoms with E-state index in [4.69, 9.17) is 10.5 Å². The first-order chi connectivity index (χ1) is 9.20. The minimum absolute atomic E-state index is 0.0470. The Labute approximate surface area is 113 Å². The number of nitrogens with two attached hydrogens (primary N) is 1. The van der Waals surface area contributed by atoms with Crippen molar-refractivity contribution in [3.05, 3.63) is 23.8 Å². The van der Waals surface area contributed by atoms with Gasteiger partial charge in [-0.3, -0.25) is 4.79 Å². The number of hydrogen-bond acceptors (Lipinski definition) is 3. The van der Waals surface area contributed by atoms with Crippen LogP contribution < -0.4 is 10.5 Å². The van der Waals surface area contributed by atoms with E-state index in [9.17, 15) is 4.79 Å². The molecule has 102 valence electrons. The molecule has 0 bridgehead atoms. The second kappa shape index (κ2) is 4.76. The van der Waals surface area contributed by atoms with E-state index in [2.05, 4.69) is 0 Å². The SMILES string of the molecule is COc1cccc(C(=O)N2CC3CCCC3C2)c1N. The highest BCUT2D eigenvalue weighted by atomic mass is 16.5. The summed E-state index contributed by atoms with van der Waals surface area (Å²) < 4.78 is 5.18. The Morgan fingerprint density at radius 1 is 1.32 bits per heavy atom. The maximum absolute atomic E-state index is 12.6. The van der Waals surface area contributed by atoms with Crippen LogP contribution in [0, 0.1) is 11.8 Å². The number of benzene rings is 1. The number of anilines is 1. The van der Waals surface area contributed by atoms with Crippen molar-refractivity contribution in [1.82, 2.24) is 4.90 Å². The molecule has 2 aliphatic rings. The van der Waals surface area contributed by atoms with E-state index in [1.54, 1.807) is 19.2 Å². The number of fused-ring (bicyclic) bond motifs is 1. The Morgan fingerprint density at radius 2 is 2.00 bits per heavy atom. The molecule has 2 N–H and O–H groups in total. The van der Waals surface area contributed by atoms with Crippen molar-refractivity contribution in [3.8, 4) is 5.75 Å². The maximum Gasteiger partial charge on any atom is 0.256 e. The first kappa shape index (κ1) is 12.3. The van der Waals surface area contributed by atoms with Gasteiger partial charge in [-0.05, 0) is 36.8 Å². The summed E-state index contributed by atoms with van der Waals surface area (Å²) >= 11 is 0. The van der Waals surface area contributed by atoms with Crippen molar-refractivity contribution in [2.24, 2.45) is 11.8 Å². The van der Waals surface area contributed by atoms with Crippen LogP contribution in [0.2, 0.25) is 0 Å². The molecule has 1 amide bonds. The lowest BCUT2D eigenvalue weighted by Crippen LogP contribution is -2.30. The van der Waals surface area contributed by atoms with Gasteiger partial charge in [-0.1, -0.05) is 12.5 Å². The zero-order chi connectivity index (χ0) is 13.4. The summed E-state index contributed by atoms with van der Waals surface area (Å²) in [4.78, 5) is 14.5. The number of likely N-dealkylation sites (tertiary alicyclic amines) is 1. The smallest absolute Gasteiger partial charge is 0.256 e. The highest BCUT2D eigenvalue weighted by Gasteiger charge is 2.38. The lowest BCUT2D eigenvalue weighted by atomic mass is 10.0. The van der Waals surface area contributed by atoms with E-state index in [-0.39, 0.29) is 5.91 Å². The lowest BCUT2D eigenvalue weighted by Gasteiger charge is -2.19. The number of methoxy groups -OCH3 is 1. The third-order valence-electron chi connectivity index (χ3n) is 4.53. The van der Waals surface area contributed by atoms with Gasteiger partial charge in [0.05, 0.1) is 18.4 Å². The first-order valence-electron chi connectivity index (χ1n) is 6.92. The first-order valence-corrected chi connectivity index (χ1v) is 6.92. The van der Waals surface area contributed by atoms with Crippen LogP contribution in [0.5, 0.6) is 5.75 Å². The van der Waals surface area contributed by atoms with Gasteiger partial charge >= 0.3 is 0 Å². The van der Waals surface area contributed by atoms with Crippen molar-refractivity contribution >= 4 is 11.6 Å². The molecular weight excluding hydrogens is 240 g/mol. The van der Waals surface area contributed by atoms with Gasteiger partial charge in [-0.25, -0.2) is 0 Å². The summed E-state index contributed by atoms with van der Waals surface area (Å²) in [7, 11) is 1.57. The molecule has 0 aromatic heterocycles. The van der Waals surface area contributed by atoms with Gasteiger partial charge in [0.25, 0.3) is 5.91 Å². The summed E-state index contributed by atoms with van der Waals surface area (Å²) in [6.07, 6.45) is 3.85. The van der Waals surface area contributed by atoms with E-state index in [1.165, 1.54) is 19.3 Å². The quantitative estimate of drug-likeness (QED) is 0.829. The molecule has 2 unspecified atom stereocenters. The number of rotatable bonds is 2. The second-order valence-electron chi connectivity index (χ2n) is 5.58. The average molecular weight is 260 g/mol. The van der Waals surface area contributed by atoms with Gasteiger partial charge in [0.1, 0.15) is 5.75 Å². The fourth-order valence-corrected chi connectivity index (χ4v) is 3.48. The Balaban J connectivity index is 1.81. The molecule has 1 saturated heterocycles. The zero-order valence-electron chi connectivity index (χ0n) is 11.3. The molecule has 4 nitrogen and oxygen atoms in total. The summed E-state index contributed by atoms with van der Waals surface area (Å²) in [6, 6.07) is 5.39.